The van der Waals surface area contributed by atoms with Gasteiger partial charge in [-0.05, 0) is 42.0 Å². The first kappa shape index (κ1) is 18.5. The van der Waals surface area contributed by atoms with Crippen LogP contribution in [0.25, 0.3) is 0 Å². The summed E-state index contributed by atoms with van der Waals surface area (Å²) in [6.07, 6.45) is 0.117. The molecule has 0 saturated heterocycles. The van der Waals surface area contributed by atoms with Gasteiger partial charge < -0.3 is 9.15 Å². The van der Waals surface area contributed by atoms with Gasteiger partial charge in [0, 0.05) is 5.02 Å². The molecule has 7 heteroatoms. The average molecular weight is 385 g/mol. The minimum Gasteiger partial charge on any atom is -0.486 e. The molecule has 0 fully saturated rings. The summed E-state index contributed by atoms with van der Waals surface area (Å²) in [5.74, 6) is 0.370. The normalized spacial score (nSPS) is 10.3. The van der Waals surface area contributed by atoms with E-state index in [0.717, 1.165) is 5.56 Å². The lowest BCUT2D eigenvalue weighted by molar-refractivity contribution is -0.121. The summed E-state index contributed by atoms with van der Waals surface area (Å²) >= 11 is 5.80. The molecule has 0 aliphatic rings. The zero-order valence-electron chi connectivity index (χ0n) is 14.3. The van der Waals surface area contributed by atoms with Crippen LogP contribution < -0.4 is 15.6 Å². The van der Waals surface area contributed by atoms with Crippen molar-refractivity contribution in [3.63, 3.8) is 0 Å². The zero-order valence-corrected chi connectivity index (χ0v) is 15.0. The Morgan fingerprint density at radius 1 is 0.926 bits per heavy atom. The molecule has 3 rings (SSSR count). The second-order valence-electron chi connectivity index (χ2n) is 5.67. The van der Waals surface area contributed by atoms with E-state index in [1.54, 1.807) is 30.3 Å². The van der Waals surface area contributed by atoms with E-state index in [4.69, 9.17) is 20.8 Å². The molecule has 6 nitrogen and oxygen atoms in total. The summed E-state index contributed by atoms with van der Waals surface area (Å²) in [7, 11) is 0. The van der Waals surface area contributed by atoms with E-state index in [1.807, 2.05) is 30.3 Å². The van der Waals surface area contributed by atoms with Gasteiger partial charge in [-0.15, -0.1) is 0 Å². The van der Waals surface area contributed by atoms with Crippen molar-refractivity contribution >= 4 is 23.4 Å². The van der Waals surface area contributed by atoms with Gasteiger partial charge in [-0.1, -0.05) is 41.9 Å². The van der Waals surface area contributed by atoms with Gasteiger partial charge in [0.2, 0.25) is 5.91 Å². The molecule has 3 aromatic rings. The fourth-order valence-corrected chi connectivity index (χ4v) is 2.39. The molecule has 2 N–H and O–H groups in total. The largest absolute Gasteiger partial charge is 0.486 e. The molecule has 0 atom stereocenters. The molecule has 1 heterocycles. The summed E-state index contributed by atoms with van der Waals surface area (Å²) in [6, 6.07) is 19.3. The Balaban J connectivity index is 1.46. The molecule has 27 heavy (non-hydrogen) atoms. The molecular weight excluding hydrogens is 368 g/mol. The number of hydrazine groups is 1. The Bertz CT molecular complexity index is 907. The SMILES string of the molecule is O=C(Cc1ccc(Cl)cc1)NNC(=O)c1ccc(COc2ccccc2)o1. The number of benzene rings is 2. The van der Waals surface area contributed by atoms with Gasteiger partial charge in [-0.3, -0.25) is 20.4 Å². The van der Waals surface area contributed by atoms with Crippen LogP contribution in [0.4, 0.5) is 0 Å². The van der Waals surface area contributed by atoms with Crippen LogP contribution in [0.3, 0.4) is 0 Å². The van der Waals surface area contributed by atoms with Crippen LogP contribution in [0.1, 0.15) is 21.9 Å². The molecule has 0 bridgehead atoms. The number of hydrogen-bond donors (Lipinski definition) is 2. The third kappa shape index (κ3) is 5.62. The number of halogens is 1. The summed E-state index contributed by atoms with van der Waals surface area (Å²) in [4.78, 5) is 23.9. The average Bonchev–Trinajstić information content (AvgIpc) is 3.16. The van der Waals surface area contributed by atoms with Crippen molar-refractivity contribution in [1.29, 1.82) is 0 Å². The van der Waals surface area contributed by atoms with E-state index in [0.29, 0.717) is 16.5 Å². The van der Waals surface area contributed by atoms with E-state index >= 15 is 0 Å². The second kappa shape index (κ2) is 8.91. The van der Waals surface area contributed by atoms with Crippen molar-refractivity contribution < 1.29 is 18.7 Å². The van der Waals surface area contributed by atoms with Crippen molar-refractivity contribution in [3.8, 4) is 5.75 Å². The first-order valence-corrected chi connectivity index (χ1v) is 8.58. The summed E-state index contributed by atoms with van der Waals surface area (Å²) in [5, 5.41) is 0.595. The molecule has 0 aliphatic carbocycles. The Hall–Kier alpha value is -3.25. The number of amides is 2. The van der Waals surface area contributed by atoms with Crippen LogP contribution in [0.5, 0.6) is 5.75 Å². The molecule has 0 saturated carbocycles. The van der Waals surface area contributed by atoms with E-state index in [9.17, 15) is 9.59 Å². The van der Waals surface area contributed by atoms with Gasteiger partial charge in [0.1, 0.15) is 18.1 Å². The summed E-state index contributed by atoms with van der Waals surface area (Å²) < 4.78 is 11.0. The molecule has 0 radical (unpaired) electrons. The first-order chi connectivity index (χ1) is 13.1. The van der Waals surface area contributed by atoms with Crippen LogP contribution in [0, 0.1) is 0 Å². The predicted molar refractivity (Wildman–Crippen MR) is 100 cm³/mol. The van der Waals surface area contributed by atoms with E-state index in [-0.39, 0.29) is 24.7 Å². The van der Waals surface area contributed by atoms with Crippen molar-refractivity contribution in [1.82, 2.24) is 10.9 Å². The fraction of sp³-hybridized carbons (Fsp3) is 0.100. The highest BCUT2D eigenvalue weighted by molar-refractivity contribution is 6.30. The van der Waals surface area contributed by atoms with Crippen LogP contribution >= 0.6 is 11.6 Å². The number of carbonyl (C=O) groups excluding carboxylic acids is 2. The molecule has 1 aromatic heterocycles. The third-order valence-corrected chi connectivity index (χ3v) is 3.86. The topological polar surface area (TPSA) is 80.6 Å². The summed E-state index contributed by atoms with van der Waals surface area (Å²) in [5.41, 5.74) is 5.45. The van der Waals surface area contributed by atoms with Crippen LogP contribution in [0.15, 0.2) is 71.1 Å². The number of nitrogens with one attached hydrogen (secondary N) is 2. The zero-order chi connectivity index (χ0) is 19.1. The Morgan fingerprint density at radius 3 is 2.41 bits per heavy atom. The Labute approximate surface area is 161 Å². The van der Waals surface area contributed by atoms with Gasteiger partial charge in [-0.2, -0.15) is 0 Å². The predicted octanol–water partition coefficient (Wildman–Crippen LogP) is 3.52. The number of ether oxygens (including phenoxy) is 1. The molecule has 138 valence electrons. The molecule has 0 spiro atoms. The number of hydrogen-bond acceptors (Lipinski definition) is 4. The molecule has 0 unspecified atom stereocenters. The van der Waals surface area contributed by atoms with Crippen molar-refractivity contribution in [3.05, 3.63) is 88.8 Å². The number of carbonyl (C=O) groups is 2. The second-order valence-corrected chi connectivity index (χ2v) is 6.11. The lowest BCUT2D eigenvalue weighted by Gasteiger charge is -2.06. The van der Waals surface area contributed by atoms with E-state index in [1.165, 1.54) is 6.07 Å². The fourth-order valence-electron chi connectivity index (χ4n) is 2.27. The minimum atomic E-state index is -0.551. The van der Waals surface area contributed by atoms with Crippen LogP contribution in [0.2, 0.25) is 5.02 Å². The highest BCUT2D eigenvalue weighted by atomic mass is 35.5. The van der Waals surface area contributed by atoms with Crippen molar-refractivity contribution in [2.24, 2.45) is 0 Å². The van der Waals surface area contributed by atoms with Gasteiger partial charge in [0.15, 0.2) is 5.76 Å². The summed E-state index contributed by atoms with van der Waals surface area (Å²) in [6.45, 7) is 0.195. The van der Waals surface area contributed by atoms with Gasteiger partial charge in [-0.25, -0.2) is 0 Å². The van der Waals surface area contributed by atoms with Crippen molar-refractivity contribution in [2.75, 3.05) is 0 Å². The smallest absolute Gasteiger partial charge is 0.305 e. The molecule has 2 amide bonds. The lowest BCUT2D eigenvalue weighted by atomic mass is 10.1. The molecule has 0 aliphatic heterocycles. The number of rotatable bonds is 6. The van der Waals surface area contributed by atoms with Crippen LogP contribution in [-0.4, -0.2) is 11.8 Å². The highest BCUT2D eigenvalue weighted by Gasteiger charge is 2.13. The van der Waals surface area contributed by atoms with E-state index in [2.05, 4.69) is 10.9 Å². The van der Waals surface area contributed by atoms with Crippen LogP contribution in [-0.2, 0) is 17.8 Å². The first-order valence-electron chi connectivity index (χ1n) is 8.20. The highest BCUT2D eigenvalue weighted by Crippen LogP contribution is 2.14. The third-order valence-electron chi connectivity index (χ3n) is 3.60. The molecular formula is C20H17ClN2O4. The van der Waals surface area contributed by atoms with Gasteiger partial charge in [0.05, 0.1) is 6.42 Å². The maximum absolute atomic E-state index is 12.1. The van der Waals surface area contributed by atoms with Gasteiger partial charge >= 0.3 is 5.91 Å². The van der Waals surface area contributed by atoms with Gasteiger partial charge in [0.25, 0.3) is 0 Å². The quantitative estimate of drug-likeness (QED) is 0.637. The maximum Gasteiger partial charge on any atom is 0.305 e. The maximum atomic E-state index is 12.1. The van der Waals surface area contributed by atoms with E-state index < -0.39 is 5.91 Å². The number of furan rings is 1. The molecule has 2 aromatic carbocycles. The van der Waals surface area contributed by atoms with Crippen molar-refractivity contribution in [2.45, 2.75) is 13.0 Å². The minimum absolute atomic E-state index is 0.0773. The number of para-hydroxylation sites is 1. The Morgan fingerprint density at radius 2 is 1.67 bits per heavy atom. The standard InChI is InChI=1S/C20H17ClN2O4/c21-15-8-6-14(7-9-15)12-19(24)22-23-20(25)18-11-10-17(27-18)13-26-16-4-2-1-3-5-16/h1-11H,12-13H2,(H,22,24)(H,23,25). The monoisotopic (exact) mass is 384 g/mol. The Kier molecular flexibility index (Phi) is 6.12. The lowest BCUT2D eigenvalue weighted by Crippen LogP contribution is -2.42.